The van der Waals surface area contributed by atoms with Gasteiger partial charge in [0.15, 0.2) is 5.79 Å². The van der Waals surface area contributed by atoms with Gasteiger partial charge >= 0.3 is 0 Å². The van der Waals surface area contributed by atoms with Crippen LogP contribution >= 0.6 is 0 Å². The van der Waals surface area contributed by atoms with Crippen LogP contribution in [0.1, 0.15) is 41.4 Å². The van der Waals surface area contributed by atoms with Crippen LogP contribution in [0.5, 0.6) is 0 Å². The zero-order valence-corrected chi connectivity index (χ0v) is 10.1. The van der Waals surface area contributed by atoms with Crippen LogP contribution in [0.25, 0.3) is 0 Å². The minimum Gasteiger partial charge on any atom is -0.353 e. The Morgan fingerprint density at radius 3 is 2.76 bits per heavy atom. The van der Waals surface area contributed by atoms with Gasteiger partial charge in [-0.05, 0) is 29.5 Å². The second-order valence-corrected chi connectivity index (χ2v) is 4.83. The topological polar surface area (TPSA) is 42.2 Å². The van der Waals surface area contributed by atoms with Crippen molar-refractivity contribution >= 4 is 0 Å². The molecule has 0 radical (unpaired) electrons. The van der Waals surface area contributed by atoms with Crippen molar-refractivity contribution in [2.75, 3.05) is 14.2 Å². The van der Waals surface area contributed by atoms with Gasteiger partial charge in [-0.3, -0.25) is 0 Å². The maximum Gasteiger partial charge on any atom is 0.175 e. The first-order valence-corrected chi connectivity index (χ1v) is 5.89. The summed E-state index contributed by atoms with van der Waals surface area (Å²) < 4.78 is 11.2. The lowest BCUT2D eigenvalue weighted by molar-refractivity contribution is -0.213. The van der Waals surface area contributed by atoms with E-state index in [1.807, 2.05) is 12.1 Å². The van der Waals surface area contributed by atoms with Crippen molar-refractivity contribution in [3.05, 3.63) is 34.9 Å². The molecule has 3 rings (SSSR count). The van der Waals surface area contributed by atoms with Gasteiger partial charge in [-0.15, -0.1) is 0 Å². The Morgan fingerprint density at radius 2 is 2.12 bits per heavy atom. The van der Waals surface area contributed by atoms with E-state index in [1.165, 1.54) is 5.56 Å². The third-order valence-electron chi connectivity index (χ3n) is 4.32. The van der Waals surface area contributed by atoms with Crippen LogP contribution in [0.2, 0.25) is 0 Å². The first kappa shape index (κ1) is 10.8. The average molecular weight is 229 g/mol. The number of hydrogen-bond acceptors (Lipinski definition) is 3. The fraction of sp³-hybridized carbons (Fsp3) is 0.500. The van der Waals surface area contributed by atoms with Gasteiger partial charge in [-0.25, -0.2) is 0 Å². The Labute approximate surface area is 101 Å². The van der Waals surface area contributed by atoms with Crippen molar-refractivity contribution in [2.45, 2.75) is 30.5 Å². The molecule has 2 aliphatic rings. The molecule has 2 bridgehead atoms. The lowest BCUT2D eigenvalue weighted by atomic mass is 9.84. The Kier molecular flexibility index (Phi) is 2.25. The maximum atomic E-state index is 9.21. The largest absolute Gasteiger partial charge is 0.353 e. The molecule has 0 amide bonds. The molecule has 0 saturated heterocycles. The van der Waals surface area contributed by atoms with E-state index in [4.69, 9.17) is 9.47 Å². The van der Waals surface area contributed by atoms with Gasteiger partial charge in [-0.1, -0.05) is 12.1 Å². The predicted octanol–water partition coefficient (Wildman–Crippen LogP) is 2.52. The van der Waals surface area contributed by atoms with E-state index in [9.17, 15) is 5.26 Å². The molecule has 3 heteroatoms. The van der Waals surface area contributed by atoms with Gasteiger partial charge in [0.1, 0.15) is 0 Å². The Balaban J connectivity index is 2.16. The minimum absolute atomic E-state index is 0.202. The highest BCUT2D eigenvalue weighted by atomic mass is 16.7. The fourth-order valence-corrected chi connectivity index (χ4v) is 3.57. The summed E-state index contributed by atoms with van der Waals surface area (Å²) >= 11 is 0. The van der Waals surface area contributed by atoms with E-state index < -0.39 is 5.79 Å². The molecule has 88 valence electrons. The molecule has 1 fully saturated rings. The van der Waals surface area contributed by atoms with Crippen molar-refractivity contribution in [3.63, 3.8) is 0 Å². The van der Waals surface area contributed by atoms with Crippen molar-refractivity contribution < 1.29 is 9.47 Å². The van der Waals surface area contributed by atoms with Gasteiger partial charge in [0, 0.05) is 26.6 Å². The minimum atomic E-state index is -0.523. The SMILES string of the molecule is COC1(OC)C[C@@H]2C[C@H]1c1c(C#N)cccc12. The maximum absolute atomic E-state index is 9.21. The number of ether oxygens (including phenoxy) is 2. The van der Waals surface area contributed by atoms with Crippen LogP contribution in [-0.4, -0.2) is 20.0 Å². The molecule has 1 aromatic carbocycles. The summed E-state index contributed by atoms with van der Waals surface area (Å²) in [5.41, 5.74) is 3.24. The predicted molar refractivity (Wildman–Crippen MR) is 62.6 cm³/mol. The zero-order valence-electron chi connectivity index (χ0n) is 10.1. The summed E-state index contributed by atoms with van der Waals surface area (Å²) in [6, 6.07) is 8.28. The van der Waals surface area contributed by atoms with Crippen LogP contribution in [0.3, 0.4) is 0 Å². The smallest absolute Gasteiger partial charge is 0.175 e. The van der Waals surface area contributed by atoms with Crippen LogP contribution in [0.4, 0.5) is 0 Å². The highest BCUT2D eigenvalue weighted by Crippen LogP contribution is 2.60. The summed E-state index contributed by atoms with van der Waals surface area (Å²) in [5, 5.41) is 9.21. The monoisotopic (exact) mass is 229 g/mol. The summed E-state index contributed by atoms with van der Waals surface area (Å²) in [6.07, 6.45) is 1.93. The molecule has 0 heterocycles. The quantitative estimate of drug-likeness (QED) is 0.732. The summed E-state index contributed by atoms with van der Waals surface area (Å²) in [7, 11) is 3.39. The number of hydrogen-bond donors (Lipinski definition) is 0. The molecule has 0 spiro atoms. The van der Waals surface area contributed by atoms with Crippen LogP contribution in [0.15, 0.2) is 18.2 Å². The first-order valence-electron chi connectivity index (χ1n) is 5.89. The third-order valence-corrected chi connectivity index (χ3v) is 4.32. The third kappa shape index (κ3) is 1.23. The molecule has 0 aromatic heterocycles. The van der Waals surface area contributed by atoms with Gasteiger partial charge in [0.2, 0.25) is 0 Å². The molecule has 0 N–H and O–H groups in total. The van der Waals surface area contributed by atoms with Gasteiger partial charge in [0.05, 0.1) is 11.6 Å². The molecule has 1 aromatic rings. The molecule has 1 saturated carbocycles. The molecule has 17 heavy (non-hydrogen) atoms. The molecule has 0 unspecified atom stereocenters. The number of nitrogens with zero attached hydrogens (tertiary/aromatic N) is 1. The average Bonchev–Trinajstić information content (AvgIpc) is 2.94. The molecule has 0 aliphatic heterocycles. The Morgan fingerprint density at radius 1 is 1.35 bits per heavy atom. The summed E-state index contributed by atoms with van der Waals surface area (Å²) in [4.78, 5) is 0. The van der Waals surface area contributed by atoms with Crippen LogP contribution < -0.4 is 0 Å². The second-order valence-electron chi connectivity index (χ2n) is 4.83. The van der Waals surface area contributed by atoms with Crippen molar-refractivity contribution in [3.8, 4) is 6.07 Å². The first-order chi connectivity index (χ1) is 8.25. The number of benzene rings is 1. The lowest BCUT2D eigenvalue weighted by Crippen LogP contribution is -2.38. The summed E-state index contributed by atoms with van der Waals surface area (Å²) in [6.45, 7) is 0. The van der Waals surface area contributed by atoms with E-state index in [1.54, 1.807) is 14.2 Å². The second kappa shape index (κ2) is 3.56. The molecular weight excluding hydrogens is 214 g/mol. The Bertz CT molecular complexity index is 499. The Hall–Kier alpha value is -1.37. The number of methoxy groups -OCH3 is 2. The molecule has 2 aliphatic carbocycles. The van der Waals surface area contributed by atoms with E-state index in [2.05, 4.69) is 12.1 Å². The van der Waals surface area contributed by atoms with Gasteiger partial charge < -0.3 is 9.47 Å². The molecular formula is C14H15NO2. The highest BCUT2D eigenvalue weighted by Gasteiger charge is 2.55. The van der Waals surface area contributed by atoms with Crippen LogP contribution in [0, 0.1) is 11.3 Å². The standard InChI is InChI=1S/C14H15NO2/c1-16-14(17-2)7-10-6-12(14)13-9(8-15)4-3-5-11(10)13/h3-5,10,12H,6-7H2,1-2H3/t10-,12-/m0/s1. The summed E-state index contributed by atoms with van der Waals surface area (Å²) in [5.74, 6) is 0.154. The van der Waals surface area contributed by atoms with Gasteiger partial charge in [-0.2, -0.15) is 5.26 Å². The van der Waals surface area contributed by atoms with E-state index in [0.29, 0.717) is 5.92 Å². The van der Waals surface area contributed by atoms with Crippen LogP contribution in [-0.2, 0) is 9.47 Å². The normalized spacial score (nSPS) is 27.8. The van der Waals surface area contributed by atoms with E-state index >= 15 is 0 Å². The van der Waals surface area contributed by atoms with Crippen molar-refractivity contribution in [2.24, 2.45) is 0 Å². The van der Waals surface area contributed by atoms with Crippen molar-refractivity contribution in [1.82, 2.24) is 0 Å². The fourth-order valence-electron chi connectivity index (χ4n) is 3.57. The number of rotatable bonds is 2. The van der Waals surface area contributed by atoms with Crippen molar-refractivity contribution in [1.29, 1.82) is 5.26 Å². The molecule has 3 nitrogen and oxygen atoms in total. The number of nitriles is 1. The zero-order chi connectivity index (χ0) is 12.0. The molecule has 2 atom stereocenters. The highest BCUT2D eigenvalue weighted by molar-refractivity contribution is 5.53. The van der Waals surface area contributed by atoms with Gasteiger partial charge in [0.25, 0.3) is 0 Å². The van der Waals surface area contributed by atoms with E-state index in [-0.39, 0.29) is 5.92 Å². The number of fused-ring (bicyclic) bond motifs is 5. The van der Waals surface area contributed by atoms with E-state index in [0.717, 1.165) is 24.0 Å². The lowest BCUT2D eigenvalue weighted by Gasteiger charge is -2.36.